The van der Waals surface area contributed by atoms with Gasteiger partial charge in [-0.15, -0.1) is 5.06 Å². The van der Waals surface area contributed by atoms with E-state index in [9.17, 15) is 4.79 Å². The Morgan fingerprint density at radius 3 is 2.74 bits per heavy atom. The molecule has 7 nitrogen and oxygen atoms in total. The van der Waals surface area contributed by atoms with Gasteiger partial charge in [-0.3, -0.25) is 0 Å². The highest BCUT2D eigenvalue weighted by Gasteiger charge is 2.30. The van der Waals surface area contributed by atoms with Crippen LogP contribution in [0.25, 0.3) is 11.4 Å². The molecule has 0 saturated carbocycles. The lowest BCUT2D eigenvalue weighted by Gasteiger charge is -2.22. The average molecular weight is 390 g/mol. The molecule has 8 heteroatoms. The van der Waals surface area contributed by atoms with Gasteiger partial charge in [0.05, 0.1) is 17.7 Å². The van der Waals surface area contributed by atoms with Gasteiger partial charge in [-0.2, -0.15) is 0 Å². The molecule has 1 atom stereocenters. The molecule has 0 bridgehead atoms. The molecule has 27 heavy (non-hydrogen) atoms. The second kappa shape index (κ2) is 7.78. The molecule has 0 aliphatic carbocycles. The fraction of sp³-hybridized carbons (Fsp3) is 0.474. The lowest BCUT2D eigenvalue weighted by atomic mass is 9.98. The molecule has 2 aromatic rings. The van der Waals surface area contributed by atoms with Crippen LogP contribution in [0.1, 0.15) is 32.9 Å². The maximum absolute atomic E-state index is 12.0. The number of rotatable bonds is 4. The number of aromatic nitrogens is 3. The summed E-state index contributed by atoms with van der Waals surface area (Å²) in [5, 5.41) is 5.52. The summed E-state index contributed by atoms with van der Waals surface area (Å²) in [5.74, 6) is 1.11. The Hall–Kier alpha value is -2.25. The molecule has 0 radical (unpaired) electrons. The van der Waals surface area contributed by atoms with Crippen LogP contribution in [0.15, 0.2) is 24.4 Å². The third-order valence-corrected chi connectivity index (χ3v) is 4.49. The van der Waals surface area contributed by atoms with Crippen LogP contribution in [0.5, 0.6) is 0 Å². The molecular formula is C19H24ClN5O2. The molecule has 1 fully saturated rings. The maximum atomic E-state index is 12.0. The number of hydroxylamine groups is 2. The van der Waals surface area contributed by atoms with Crippen molar-refractivity contribution in [2.24, 2.45) is 5.41 Å². The summed E-state index contributed by atoms with van der Waals surface area (Å²) in [5.41, 5.74) is 1.15. The lowest BCUT2D eigenvalue weighted by molar-refractivity contribution is -0.195. The minimum Gasteiger partial charge on any atom is -0.367 e. The molecule has 3 rings (SSSR count). The van der Waals surface area contributed by atoms with Crippen molar-refractivity contribution in [2.75, 3.05) is 18.4 Å². The van der Waals surface area contributed by atoms with Crippen LogP contribution in [0.2, 0.25) is 5.15 Å². The fourth-order valence-electron chi connectivity index (χ4n) is 2.74. The minimum atomic E-state index is -0.511. The molecular weight excluding hydrogens is 366 g/mol. The van der Waals surface area contributed by atoms with Crippen molar-refractivity contribution in [3.8, 4) is 11.4 Å². The summed E-state index contributed by atoms with van der Waals surface area (Å²) in [7, 11) is 0. The number of halogens is 1. The minimum absolute atomic E-state index is 0.165. The molecule has 144 valence electrons. The Bertz CT molecular complexity index is 837. The largest absolute Gasteiger partial charge is 0.367 e. The Morgan fingerprint density at radius 2 is 2.07 bits per heavy atom. The lowest BCUT2D eigenvalue weighted by Crippen LogP contribution is -2.33. The second-order valence-electron chi connectivity index (χ2n) is 7.68. The van der Waals surface area contributed by atoms with Gasteiger partial charge in [0.1, 0.15) is 11.0 Å². The third kappa shape index (κ3) is 4.93. The number of carbonyl (C=O) groups is 1. The van der Waals surface area contributed by atoms with Crippen molar-refractivity contribution in [1.82, 2.24) is 20.0 Å². The number of nitrogens with one attached hydrogen (secondary N) is 1. The van der Waals surface area contributed by atoms with Crippen molar-refractivity contribution in [2.45, 2.75) is 40.2 Å². The zero-order valence-electron chi connectivity index (χ0n) is 16.0. The first-order chi connectivity index (χ1) is 12.7. The van der Waals surface area contributed by atoms with Crippen molar-refractivity contribution in [3.05, 3.63) is 35.2 Å². The highest BCUT2D eigenvalue weighted by molar-refractivity contribution is 6.29. The van der Waals surface area contributed by atoms with E-state index in [4.69, 9.17) is 16.4 Å². The summed E-state index contributed by atoms with van der Waals surface area (Å²) in [6, 6.07) is 5.64. The van der Waals surface area contributed by atoms with E-state index in [2.05, 4.69) is 20.3 Å². The summed E-state index contributed by atoms with van der Waals surface area (Å²) < 4.78 is 0. The summed E-state index contributed by atoms with van der Waals surface area (Å²) in [6.07, 6.45) is 2.50. The quantitative estimate of drug-likeness (QED) is 0.801. The molecule has 1 aliphatic heterocycles. The van der Waals surface area contributed by atoms with E-state index in [1.165, 1.54) is 0 Å². The number of carbonyl (C=O) groups excluding carboxylic acids is 1. The van der Waals surface area contributed by atoms with Gasteiger partial charge in [0.25, 0.3) is 0 Å². The predicted molar refractivity (Wildman–Crippen MR) is 104 cm³/mol. The third-order valence-electron chi connectivity index (χ3n) is 4.28. The molecule has 0 unspecified atom stereocenters. The fourth-order valence-corrected chi connectivity index (χ4v) is 2.87. The van der Waals surface area contributed by atoms with Gasteiger partial charge in [-0.1, -0.05) is 11.6 Å². The Kier molecular flexibility index (Phi) is 5.62. The highest BCUT2D eigenvalue weighted by atomic mass is 35.5. The van der Waals surface area contributed by atoms with Crippen LogP contribution in [0, 0.1) is 12.3 Å². The monoisotopic (exact) mass is 389 g/mol. The maximum Gasteiger partial charge on any atom is 0.330 e. The van der Waals surface area contributed by atoms with Crippen LogP contribution in [0.4, 0.5) is 5.82 Å². The molecule has 0 spiro atoms. The topological polar surface area (TPSA) is 80.2 Å². The van der Waals surface area contributed by atoms with E-state index in [1.54, 1.807) is 17.3 Å². The van der Waals surface area contributed by atoms with Crippen LogP contribution >= 0.6 is 11.6 Å². The van der Waals surface area contributed by atoms with Crippen molar-refractivity contribution in [3.63, 3.8) is 0 Å². The van der Waals surface area contributed by atoms with Crippen LogP contribution in [-0.2, 0) is 9.63 Å². The molecule has 1 aliphatic rings. The van der Waals surface area contributed by atoms with Gasteiger partial charge in [-0.05, 0) is 52.3 Å². The highest BCUT2D eigenvalue weighted by Crippen LogP contribution is 2.23. The molecule has 0 amide bonds. The van der Waals surface area contributed by atoms with E-state index in [1.807, 2.05) is 39.8 Å². The standard InChI is InChI=1S/C19H24ClN5O2/c1-12-14(17-21-9-7-15(20)24-17)5-6-16(22-12)23-13-8-10-25(11-13)27-18(26)19(2,3)4/h5-7,9,13H,8,10-11H2,1-4H3,(H,22,23)/t13-/m0/s1. The molecule has 3 heterocycles. The Morgan fingerprint density at radius 1 is 1.30 bits per heavy atom. The van der Waals surface area contributed by atoms with Gasteiger partial charge in [0.15, 0.2) is 5.82 Å². The molecule has 0 aromatic carbocycles. The summed E-state index contributed by atoms with van der Waals surface area (Å²) >= 11 is 5.95. The number of nitrogens with zero attached hydrogens (tertiary/aromatic N) is 4. The normalized spacial score (nSPS) is 17.7. The van der Waals surface area contributed by atoms with Gasteiger partial charge in [0, 0.05) is 24.3 Å². The van der Waals surface area contributed by atoms with E-state index >= 15 is 0 Å². The van der Waals surface area contributed by atoms with E-state index in [0.717, 1.165) is 23.5 Å². The zero-order chi connectivity index (χ0) is 19.6. The molecule has 1 saturated heterocycles. The number of pyridine rings is 1. The van der Waals surface area contributed by atoms with E-state index in [0.29, 0.717) is 24.1 Å². The number of hydrogen-bond donors (Lipinski definition) is 1. The average Bonchev–Trinajstić information content (AvgIpc) is 3.01. The van der Waals surface area contributed by atoms with Gasteiger partial charge < -0.3 is 10.2 Å². The predicted octanol–water partition coefficient (Wildman–Crippen LogP) is 3.49. The first kappa shape index (κ1) is 19.5. The number of hydrogen-bond acceptors (Lipinski definition) is 7. The Balaban J connectivity index is 1.62. The molecule has 2 aromatic heterocycles. The first-order valence-electron chi connectivity index (χ1n) is 8.93. The summed E-state index contributed by atoms with van der Waals surface area (Å²) in [6.45, 7) is 8.78. The van der Waals surface area contributed by atoms with Crippen molar-refractivity contribution < 1.29 is 9.63 Å². The van der Waals surface area contributed by atoms with Gasteiger partial charge in [-0.25, -0.2) is 19.7 Å². The second-order valence-corrected chi connectivity index (χ2v) is 8.07. The van der Waals surface area contributed by atoms with Crippen LogP contribution < -0.4 is 5.32 Å². The van der Waals surface area contributed by atoms with Gasteiger partial charge in [0.2, 0.25) is 0 Å². The first-order valence-corrected chi connectivity index (χ1v) is 9.30. The Labute approximate surface area is 164 Å². The number of anilines is 1. The number of aryl methyl sites for hydroxylation is 1. The zero-order valence-corrected chi connectivity index (χ0v) is 16.7. The molecule has 1 N–H and O–H groups in total. The summed E-state index contributed by atoms with van der Waals surface area (Å²) in [4.78, 5) is 30.6. The van der Waals surface area contributed by atoms with Crippen molar-refractivity contribution >= 4 is 23.4 Å². The van der Waals surface area contributed by atoms with Crippen molar-refractivity contribution in [1.29, 1.82) is 0 Å². The smallest absolute Gasteiger partial charge is 0.330 e. The van der Waals surface area contributed by atoms with Crippen LogP contribution in [-0.4, -0.2) is 45.1 Å². The van der Waals surface area contributed by atoms with E-state index < -0.39 is 5.41 Å². The SMILES string of the molecule is Cc1nc(N[C@H]2CCN(OC(=O)C(C)(C)C)C2)ccc1-c1nccc(Cl)n1. The van der Waals surface area contributed by atoms with Crippen LogP contribution in [0.3, 0.4) is 0 Å². The van der Waals surface area contributed by atoms with E-state index in [-0.39, 0.29) is 12.0 Å². The van der Waals surface area contributed by atoms with Gasteiger partial charge >= 0.3 is 5.97 Å².